The van der Waals surface area contributed by atoms with Gasteiger partial charge in [0.2, 0.25) is 5.91 Å². The Morgan fingerprint density at radius 2 is 1.88 bits per heavy atom. The number of likely N-dealkylation sites (tertiary alicyclic amines) is 1. The van der Waals surface area contributed by atoms with E-state index in [0.29, 0.717) is 36.7 Å². The van der Waals surface area contributed by atoms with Crippen LogP contribution >= 0.6 is 11.6 Å². The Bertz CT molecular complexity index is 625. The van der Waals surface area contributed by atoms with Crippen molar-refractivity contribution in [2.24, 2.45) is 0 Å². The predicted molar refractivity (Wildman–Crippen MR) is 86.8 cm³/mol. The molecule has 1 aromatic rings. The summed E-state index contributed by atoms with van der Waals surface area (Å²) in [6.45, 7) is 1.03. The number of imide groups is 1. The lowest BCUT2D eigenvalue weighted by Crippen LogP contribution is -2.49. The number of nitrogens with one attached hydrogen (secondary N) is 1. The van der Waals surface area contributed by atoms with Gasteiger partial charge in [-0.25, -0.2) is 4.79 Å². The van der Waals surface area contributed by atoms with Crippen molar-refractivity contribution in [3.63, 3.8) is 0 Å². The van der Waals surface area contributed by atoms with Crippen LogP contribution in [0.3, 0.4) is 0 Å². The summed E-state index contributed by atoms with van der Waals surface area (Å²) in [6.07, 6.45) is 1.18. The van der Waals surface area contributed by atoms with Gasteiger partial charge in [-0.2, -0.15) is 0 Å². The lowest BCUT2D eigenvalue weighted by Gasteiger charge is -2.35. The number of hydrogen-bond acceptors (Lipinski definition) is 4. The van der Waals surface area contributed by atoms with E-state index in [1.54, 1.807) is 29.2 Å². The quantitative estimate of drug-likeness (QED) is 0.828. The van der Waals surface area contributed by atoms with Crippen LogP contribution in [0.5, 0.6) is 5.75 Å². The maximum absolute atomic E-state index is 12.2. The molecule has 1 aromatic carbocycles. The number of rotatable bonds is 4. The molecule has 2 heterocycles. The highest BCUT2D eigenvalue weighted by atomic mass is 35.5. The van der Waals surface area contributed by atoms with Crippen molar-refractivity contribution in [1.82, 2.24) is 15.1 Å². The van der Waals surface area contributed by atoms with Crippen LogP contribution in [0.1, 0.15) is 12.8 Å². The predicted octanol–water partition coefficient (Wildman–Crippen LogP) is 1.26. The van der Waals surface area contributed by atoms with Gasteiger partial charge < -0.3 is 15.0 Å². The monoisotopic (exact) mass is 351 g/mol. The average Bonchev–Trinajstić information content (AvgIpc) is 2.93. The van der Waals surface area contributed by atoms with E-state index >= 15 is 0 Å². The number of nitrogens with zero attached hydrogens (tertiary/aromatic N) is 2. The summed E-state index contributed by atoms with van der Waals surface area (Å²) in [7, 11) is 0. The Hall–Kier alpha value is -2.28. The minimum absolute atomic E-state index is 0.0462. The summed E-state index contributed by atoms with van der Waals surface area (Å²) < 4.78 is 5.46. The van der Waals surface area contributed by atoms with Crippen molar-refractivity contribution in [2.45, 2.75) is 18.9 Å². The van der Waals surface area contributed by atoms with Gasteiger partial charge in [0.05, 0.1) is 6.54 Å². The van der Waals surface area contributed by atoms with Gasteiger partial charge >= 0.3 is 6.03 Å². The third kappa shape index (κ3) is 3.62. The fourth-order valence-corrected chi connectivity index (χ4v) is 3.07. The molecule has 0 spiro atoms. The van der Waals surface area contributed by atoms with E-state index in [9.17, 15) is 14.4 Å². The fourth-order valence-electron chi connectivity index (χ4n) is 2.94. The number of piperidine rings is 1. The highest BCUT2D eigenvalue weighted by Crippen LogP contribution is 2.20. The second-order valence-electron chi connectivity index (χ2n) is 5.78. The van der Waals surface area contributed by atoms with Crippen molar-refractivity contribution < 1.29 is 19.1 Å². The number of halogens is 1. The van der Waals surface area contributed by atoms with Crippen LogP contribution in [0.15, 0.2) is 24.3 Å². The van der Waals surface area contributed by atoms with E-state index < -0.39 is 0 Å². The Morgan fingerprint density at radius 1 is 1.21 bits per heavy atom. The van der Waals surface area contributed by atoms with E-state index in [2.05, 4.69) is 5.32 Å². The van der Waals surface area contributed by atoms with Crippen LogP contribution in [0.25, 0.3) is 0 Å². The smallest absolute Gasteiger partial charge is 0.324 e. The number of amides is 4. The molecule has 3 rings (SSSR count). The molecule has 24 heavy (non-hydrogen) atoms. The zero-order chi connectivity index (χ0) is 17.1. The van der Waals surface area contributed by atoms with Crippen LogP contribution in [-0.4, -0.2) is 59.9 Å². The summed E-state index contributed by atoms with van der Waals surface area (Å²) in [5.41, 5.74) is 0. The van der Waals surface area contributed by atoms with E-state index in [1.807, 2.05) is 0 Å². The largest absolute Gasteiger partial charge is 0.484 e. The van der Waals surface area contributed by atoms with Crippen LogP contribution in [0.2, 0.25) is 5.02 Å². The maximum Gasteiger partial charge on any atom is 0.324 e. The van der Waals surface area contributed by atoms with E-state index in [-0.39, 0.29) is 37.0 Å². The molecule has 0 unspecified atom stereocenters. The Morgan fingerprint density at radius 3 is 2.46 bits per heavy atom. The molecule has 2 aliphatic heterocycles. The first kappa shape index (κ1) is 16.6. The molecule has 8 heteroatoms. The van der Waals surface area contributed by atoms with Crippen LogP contribution in [0, 0.1) is 0 Å². The second-order valence-corrected chi connectivity index (χ2v) is 6.21. The summed E-state index contributed by atoms with van der Waals surface area (Å²) in [5, 5.41) is 3.13. The first-order valence-electron chi connectivity index (χ1n) is 7.80. The average molecular weight is 352 g/mol. The van der Waals surface area contributed by atoms with Gasteiger partial charge in [-0.05, 0) is 37.1 Å². The molecule has 0 saturated carbocycles. The zero-order valence-electron chi connectivity index (χ0n) is 13.0. The van der Waals surface area contributed by atoms with E-state index in [0.717, 1.165) is 0 Å². The summed E-state index contributed by atoms with van der Waals surface area (Å²) >= 11 is 5.80. The molecular weight excluding hydrogens is 334 g/mol. The number of ether oxygens (including phenoxy) is 1. The van der Waals surface area contributed by atoms with Crippen LogP contribution in [0.4, 0.5) is 4.79 Å². The first-order chi connectivity index (χ1) is 11.5. The molecule has 128 valence electrons. The van der Waals surface area contributed by atoms with Gasteiger partial charge in [-0.3, -0.25) is 14.5 Å². The van der Waals surface area contributed by atoms with Gasteiger partial charge in [0.1, 0.15) is 5.75 Å². The highest BCUT2D eigenvalue weighted by molar-refractivity contribution is 6.30. The number of carbonyl (C=O) groups excluding carboxylic acids is 3. The zero-order valence-corrected chi connectivity index (χ0v) is 13.8. The van der Waals surface area contributed by atoms with Gasteiger partial charge in [0.25, 0.3) is 5.91 Å². The van der Waals surface area contributed by atoms with Crippen molar-refractivity contribution in [3.05, 3.63) is 29.3 Å². The number of carbonyl (C=O) groups is 3. The molecule has 0 atom stereocenters. The number of urea groups is 1. The maximum atomic E-state index is 12.2. The molecule has 0 radical (unpaired) electrons. The highest BCUT2D eigenvalue weighted by Gasteiger charge is 2.37. The third-order valence-electron chi connectivity index (χ3n) is 4.24. The lowest BCUT2D eigenvalue weighted by atomic mass is 10.0. The van der Waals surface area contributed by atoms with Crippen molar-refractivity contribution in [2.75, 3.05) is 26.2 Å². The second kappa shape index (κ2) is 7.09. The molecule has 2 saturated heterocycles. The van der Waals surface area contributed by atoms with Crippen LogP contribution < -0.4 is 10.1 Å². The fraction of sp³-hybridized carbons (Fsp3) is 0.438. The molecule has 0 aliphatic carbocycles. The molecule has 0 bridgehead atoms. The topological polar surface area (TPSA) is 79.0 Å². The Labute approximate surface area is 144 Å². The normalized spacial score (nSPS) is 18.7. The number of hydrogen-bond donors (Lipinski definition) is 1. The van der Waals surface area contributed by atoms with Gasteiger partial charge in [-0.1, -0.05) is 11.6 Å². The molecular formula is C16H18ClN3O4. The van der Waals surface area contributed by atoms with E-state index in [1.165, 1.54) is 4.90 Å². The Balaban J connectivity index is 1.47. The molecule has 2 fully saturated rings. The van der Waals surface area contributed by atoms with Crippen molar-refractivity contribution >= 4 is 29.4 Å². The molecule has 4 amide bonds. The van der Waals surface area contributed by atoms with Gasteiger partial charge in [-0.15, -0.1) is 0 Å². The summed E-state index contributed by atoms with van der Waals surface area (Å²) in [6, 6.07) is 6.34. The first-order valence-corrected chi connectivity index (χ1v) is 8.18. The SMILES string of the molecule is O=C(COc1ccc(Cl)cc1)N1CCC(N2C(=O)CNC2=O)CC1. The molecule has 2 aliphatic rings. The minimum atomic E-state index is -0.337. The van der Waals surface area contributed by atoms with E-state index in [4.69, 9.17) is 16.3 Å². The van der Waals surface area contributed by atoms with Crippen molar-refractivity contribution in [1.29, 1.82) is 0 Å². The van der Waals surface area contributed by atoms with Crippen LogP contribution in [-0.2, 0) is 9.59 Å². The third-order valence-corrected chi connectivity index (χ3v) is 4.49. The summed E-state index contributed by atoms with van der Waals surface area (Å²) in [4.78, 5) is 38.6. The van der Waals surface area contributed by atoms with Crippen molar-refractivity contribution in [3.8, 4) is 5.75 Å². The van der Waals surface area contributed by atoms with Gasteiger partial charge in [0, 0.05) is 24.2 Å². The molecule has 7 nitrogen and oxygen atoms in total. The summed E-state index contributed by atoms with van der Waals surface area (Å²) in [5.74, 6) is 0.276. The number of benzene rings is 1. The molecule has 1 N–H and O–H groups in total. The molecule has 0 aromatic heterocycles. The Kier molecular flexibility index (Phi) is 4.89. The minimum Gasteiger partial charge on any atom is -0.484 e. The standard InChI is InChI=1S/C16H18ClN3O4/c17-11-1-3-13(4-2-11)24-10-15(22)19-7-5-12(6-8-19)20-14(21)9-18-16(20)23/h1-4,12H,5-10H2,(H,18,23). The lowest BCUT2D eigenvalue weighted by molar-refractivity contribution is -0.135. The van der Waals surface area contributed by atoms with Gasteiger partial charge in [0.15, 0.2) is 6.61 Å².